The average Bonchev–Trinajstić information content (AvgIpc) is 3.70. The van der Waals surface area contributed by atoms with E-state index in [0.29, 0.717) is 47.2 Å². The van der Waals surface area contributed by atoms with Gasteiger partial charge < -0.3 is 19.7 Å². The van der Waals surface area contributed by atoms with Crippen LogP contribution < -0.4 is 15.0 Å². The van der Waals surface area contributed by atoms with Crippen LogP contribution in [-0.2, 0) is 4.74 Å². The molecule has 1 amide bonds. The van der Waals surface area contributed by atoms with Crippen molar-refractivity contribution >= 4 is 33.6 Å². The third-order valence-corrected chi connectivity index (χ3v) is 9.76. The van der Waals surface area contributed by atoms with Gasteiger partial charge in [-0.2, -0.15) is 9.97 Å². The minimum Gasteiger partial charge on any atom is -0.461 e. The summed E-state index contributed by atoms with van der Waals surface area (Å²) in [6.07, 6.45) is 7.04. The van der Waals surface area contributed by atoms with Crippen molar-refractivity contribution in [3.63, 3.8) is 0 Å². The number of alkyl carbamates (subject to hydrolysis) is 1. The Hall–Kier alpha value is -4.12. The molecule has 2 aromatic heterocycles. The lowest BCUT2D eigenvalue weighted by Crippen LogP contribution is -2.56. The number of carbonyl (C=O) groups is 1. The van der Waals surface area contributed by atoms with Crippen LogP contribution in [0.1, 0.15) is 38.5 Å². The van der Waals surface area contributed by atoms with E-state index in [1.165, 1.54) is 6.07 Å². The maximum Gasteiger partial charge on any atom is 0.407 e. The fourth-order valence-corrected chi connectivity index (χ4v) is 7.69. The normalized spacial score (nSPS) is 23.2. The Bertz CT molecular complexity index is 1750. The number of halogens is 2. The molecule has 1 atom stereocenters. The molecule has 4 aromatic rings. The molecule has 6 heterocycles. The van der Waals surface area contributed by atoms with Gasteiger partial charge in [0.25, 0.3) is 0 Å². The van der Waals surface area contributed by atoms with E-state index < -0.39 is 23.3 Å². The van der Waals surface area contributed by atoms with Crippen LogP contribution in [0.5, 0.6) is 6.01 Å². The summed E-state index contributed by atoms with van der Waals surface area (Å²) in [6.45, 7) is 3.90. The molecule has 4 fully saturated rings. The highest BCUT2D eigenvalue weighted by molar-refractivity contribution is 5.99. The van der Waals surface area contributed by atoms with E-state index in [4.69, 9.17) is 14.5 Å². The highest BCUT2D eigenvalue weighted by atomic mass is 19.1. The first-order chi connectivity index (χ1) is 20.9. The summed E-state index contributed by atoms with van der Waals surface area (Å²) in [6, 6.07) is 10.1. The summed E-state index contributed by atoms with van der Waals surface area (Å²) in [4.78, 5) is 30.5. The number of fused-ring (bicyclic) bond motifs is 3. The van der Waals surface area contributed by atoms with Gasteiger partial charge in [0.1, 0.15) is 36.1 Å². The second-order valence-electron chi connectivity index (χ2n) is 12.4. The van der Waals surface area contributed by atoms with Crippen molar-refractivity contribution in [3.05, 3.63) is 54.2 Å². The molecular formula is C32H32F2N6O3. The van der Waals surface area contributed by atoms with Crippen LogP contribution in [0.15, 0.2) is 42.6 Å². The van der Waals surface area contributed by atoms with Crippen molar-refractivity contribution in [3.8, 4) is 17.3 Å². The monoisotopic (exact) mass is 586 g/mol. The third-order valence-electron chi connectivity index (χ3n) is 9.76. The molecule has 0 bridgehead atoms. The summed E-state index contributed by atoms with van der Waals surface area (Å²) >= 11 is 0. The first-order valence-corrected chi connectivity index (χ1v) is 15.1. The number of aromatic nitrogens is 3. The molecule has 1 spiro atoms. The zero-order valence-corrected chi connectivity index (χ0v) is 23.7. The molecule has 0 saturated carbocycles. The predicted octanol–water partition coefficient (Wildman–Crippen LogP) is 5.21. The fourth-order valence-electron chi connectivity index (χ4n) is 7.69. The van der Waals surface area contributed by atoms with Gasteiger partial charge in [-0.25, -0.2) is 13.6 Å². The van der Waals surface area contributed by atoms with Crippen LogP contribution in [-0.4, -0.2) is 76.4 Å². The molecule has 4 saturated heterocycles. The smallest absolute Gasteiger partial charge is 0.407 e. The number of hydrogen-bond donors (Lipinski definition) is 1. The highest BCUT2D eigenvalue weighted by Gasteiger charge is 2.46. The number of carbonyl (C=O) groups excluding carboxylic acids is 1. The molecule has 0 radical (unpaired) electrons. The summed E-state index contributed by atoms with van der Waals surface area (Å²) in [5.74, 6) is -0.611. The highest BCUT2D eigenvalue weighted by Crippen LogP contribution is 2.40. The number of benzene rings is 2. The molecule has 2 aromatic carbocycles. The minimum absolute atomic E-state index is 0.0155. The van der Waals surface area contributed by atoms with Crippen molar-refractivity contribution in [2.75, 3.05) is 44.3 Å². The Morgan fingerprint density at radius 3 is 2.58 bits per heavy atom. The Kier molecular flexibility index (Phi) is 6.15. The van der Waals surface area contributed by atoms with E-state index in [1.54, 1.807) is 36.5 Å². The molecule has 222 valence electrons. The number of hydrogen-bond acceptors (Lipinski definition) is 8. The Morgan fingerprint density at radius 2 is 1.79 bits per heavy atom. The Labute approximate surface area is 247 Å². The van der Waals surface area contributed by atoms with Gasteiger partial charge in [0, 0.05) is 30.2 Å². The molecule has 4 aliphatic rings. The van der Waals surface area contributed by atoms with Gasteiger partial charge in [-0.1, -0.05) is 30.3 Å². The third kappa shape index (κ3) is 4.35. The largest absolute Gasteiger partial charge is 0.461 e. The number of ether oxygens (including phenoxy) is 2. The van der Waals surface area contributed by atoms with Gasteiger partial charge in [-0.3, -0.25) is 9.88 Å². The van der Waals surface area contributed by atoms with Gasteiger partial charge >= 0.3 is 12.1 Å². The Balaban J connectivity index is 1.25. The zero-order chi connectivity index (χ0) is 29.2. The Morgan fingerprint density at radius 1 is 1.00 bits per heavy atom. The topological polar surface area (TPSA) is 92.7 Å². The summed E-state index contributed by atoms with van der Waals surface area (Å²) in [5, 5.41) is 4.36. The maximum absolute atomic E-state index is 16.6. The molecule has 11 heteroatoms. The molecule has 4 aliphatic heterocycles. The number of nitrogens with zero attached hydrogens (tertiary/aromatic N) is 5. The minimum atomic E-state index is -0.660. The summed E-state index contributed by atoms with van der Waals surface area (Å²) in [5.41, 5.74) is -0.153. The van der Waals surface area contributed by atoms with Crippen LogP contribution in [0.25, 0.3) is 32.9 Å². The SMILES string of the molecule is O=C1NC2(CCCN(c3nc(OCC45CCCN4CCC5)nc4c(F)c(-c5cccc6cccc(F)c56)ncc34)C2)CO1. The van der Waals surface area contributed by atoms with E-state index in [0.717, 1.165) is 51.6 Å². The molecule has 0 aliphatic carbocycles. The van der Waals surface area contributed by atoms with Crippen LogP contribution >= 0.6 is 0 Å². The maximum atomic E-state index is 16.6. The first-order valence-electron chi connectivity index (χ1n) is 15.1. The lowest BCUT2D eigenvalue weighted by Gasteiger charge is -2.39. The number of amides is 1. The van der Waals surface area contributed by atoms with Gasteiger partial charge in [0.2, 0.25) is 0 Å². The van der Waals surface area contributed by atoms with Gasteiger partial charge in [0.15, 0.2) is 5.82 Å². The van der Waals surface area contributed by atoms with E-state index in [1.807, 2.05) is 4.90 Å². The molecule has 1 unspecified atom stereocenters. The van der Waals surface area contributed by atoms with Crippen LogP contribution in [0.4, 0.5) is 19.4 Å². The van der Waals surface area contributed by atoms with Crippen LogP contribution in [0.3, 0.4) is 0 Å². The summed E-state index contributed by atoms with van der Waals surface area (Å²) in [7, 11) is 0. The molecule has 1 N–H and O–H groups in total. The molecule has 8 rings (SSSR count). The van der Waals surface area contributed by atoms with Gasteiger partial charge in [-0.05, 0) is 63.1 Å². The van der Waals surface area contributed by atoms with E-state index in [2.05, 4.69) is 20.2 Å². The first kappa shape index (κ1) is 26.5. The quantitative estimate of drug-likeness (QED) is 0.341. The van der Waals surface area contributed by atoms with Crippen LogP contribution in [0, 0.1) is 11.6 Å². The number of piperidine rings is 1. The van der Waals surface area contributed by atoms with Crippen molar-refractivity contribution < 1.29 is 23.0 Å². The molecule has 43 heavy (non-hydrogen) atoms. The second kappa shape index (κ2) is 9.97. The van der Waals surface area contributed by atoms with Crippen LogP contribution in [0.2, 0.25) is 0 Å². The van der Waals surface area contributed by atoms with Crippen molar-refractivity contribution in [2.45, 2.75) is 49.6 Å². The number of anilines is 1. The van der Waals surface area contributed by atoms with E-state index >= 15 is 8.78 Å². The standard InChI is InChI=1S/C32H32F2N6O3/c33-23-9-2-7-20-6-1-8-21(24(20)23)26-25(34)27-22(16-35-26)28(39-13-3-10-31(17-39)18-43-30(41)38-31)37-29(36-27)42-19-32-11-4-14-40(32)15-5-12-32/h1-2,6-9,16H,3-5,10-15,17-19H2,(H,38,41). The lowest BCUT2D eigenvalue weighted by molar-refractivity contribution is 0.108. The summed E-state index contributed by atoms with van der Waals surface area (Å²) < 4.78 is 43.2. The zero-order valence-electron chi connectivity index (χ0n) is 23.7. The number of cyclic esters (lactones) is 1. The second-order valence-corrected chi connectivity index (χ2v) is 12.4. The predicted molar refractivity (Wildman–Crippen MR) is 157 cm³/mol. The van der Waals surface area contributed by atoms with E-state index in [-0.39, 0.29) is 29.4 Å². The molecular weight excluding hydrogens is 554 g/mol. The van der Waals surface area contributed by atoms with Crippen molar-refractivity contribution in [1.82, 2.24) is 25.2 Å². The van der Waals surface area contributed by atoms with Crippen molar-refractivity contribution in [2.24, 2.45) is 0 Å². The lowest BCUT2D eigenvalue weighted by atomic mass is 9.90. The average molecular weight is 587 g/mol. The van der Waals surface area contributed by atoms with Crippen molar-refractivity contribution in [1.29, 1.82) is 0 Å². The number of nitrogens with one attached hydrogen (secondary N) is 1. The number of pyridine rings is 1. The molecule has 9 nitrogen and oxygen atoms in total. The van der Waals surface area contributed by atoms with E-state index in [9.17, 15) is 4.79 Å². The van der Waals surface area contributed by atoms with Gasteiger partial charge in [-0.15, -0.1) is 0 Å². The van der Waals surface area contributed by atoms with Gasteiger partial charge in [0.05, 0.1) is 16.5 Å². The fraction of sp³-hybridized carbons (Fsp3) is 0.438. The number of rotatable bonds is 5.